The van der Waals surface area contributed by atoms with Gasteiger partial charge >= 0.3 is 0 Å². The first-order valence-electron chi connectivity index (χ1n) is 6.85. The number of pyridine rings is 1. The van der Waals surface area contributed by atoms with Crippen molar-refractivity contribution in [2.45, 2.75) is 36.6 Å². The highest BCUT2D eigenvalue weighted by molar-refractivity contribution is 7.89. The van der Waals surface area contributed by atoms with Crippen LogP contribution in [0.5, 0.6) is 0 Å². The molecule has 2 rings (SSSR count). The molecule has 8 heteroatoms. The van der Waals surface area contributed by atoms with E-state index in [1.54, 1.807) is 0 Å². The molecule has 116 valence electrons. The molecule has 0 saturated carbocycles. The molecule has 1 aromatic rings. The molecule has 0 aliphatic carbocycles. The summed E-state index contributed by atoms with van der Waals surface area (Å²) in [4.78, 5) is 4.21. The van der Waals surface area contributed by atoms with Gasteiger partial charge in [0.15, 0.2) is 0 Å². The lowest BCUT2D eigenvalue weighted by atomic mass is 10.1. The third kappa shape index (κ3) is 3.57. The van der Waals surface area contributed by atoms with E-state index in [0.717, 1.165) is 19.3 Å². The summed E-state index contributed by atoms with van der Waals surface area (Å²) in [6.07, 6.45) is 4.64. The van der Waals surface area contributed by atoms with Crippen LogP contribution >= 0.6 is 12.2 Å². The van der Waals surface area contributed by atoms with Crippen LogP contribution in [0.15, 0.2) is 23.2 Å². The predicted octanol–water partition coefficient (Wildman–Crippen LogP) is 0.641. The van der Waals surface area contributed by atoms with Crippen LogP contribution in [0.3, 0.4) is 0 Å². The Kier molecular flexibility index (Phi) is 5.26. The minimum absolute atomic E-state index is 0.0999. The van der Waals surface area contributed by atoms with Crippen LogP contribution < -0.4 is 5.73 Å². The van der Waals surface area contributed by atoms with Gasteiger partial charge in [0, 0.05) is 18.8 Å². The first-order valence-corrected chi connectivity index (χ1v) is 8.70. The smallest absolute Gasteiger partial charge is 0.244 e. The monoisotopic (exact) mass is 329 g/mol. The second kappa shape index (κ2) is 6.78. The maximum atomic E-state index is 12.7. The van der Waals surface area contributed by atoms with Crippen molar-refractivity contribution in [2.75, 3.05) is 13.2 Å². The summed E-state index contributed by atoms with van der Waals surface area (Å²) >= 11 is 4.80. The van der Waals surface area contributed by atoms with Gasteiger partial charge in [-0.3, -0.25) is 4.98 Å². The van der Waals surface area contributed by atoms with Gasteiger partial charge in [-0.25, -0.2) is 8.42 Å². The number of sulfonamides is 1. The van der Waals surface area contributed by atoms with Crippen LogP contribution in [0.2, 0.25) is 0 Å². The average Bonchev–Trinajstić information content (AvgIpc) is 2.72. The molecule has 0 radical (unpaired) electrons. The second-order valence-corrected chi connectivity index (χ2v) is 7.38. The third-order valence-electron chi connectivity index (χ3n) is 3.63. The second-order valence-electron chi connectivity index (χ2n) is 5.04. The van der Waals surface area contributed by atoms with Crippen molar-refractivity contribution in [1.82, 2.24) is 9.29 Å². The largest absolute Gasteiger partial charge is 0.395 e. The van der Waals surface area contributed by atoms with Crippen LogP contribution in [0.1, 0.15) is 31.4 Å². The number of aliphatic hydroxyl groups is 1. The minimum Gasteiger partial charge on any atom is -0.395 e. The minimum atomic E-state index is -3.66. The Labute approximate surface area is 130 Å². The van der Waals surface area contributed by atoms with Crippen molar-refractivity contribution < 1.29 is 13.5 Å². The highest BCUT2D eigenvalue weighted by atomic mass is 32.2. The zero-order valence-corrected chi connectivity index (χ0v) is 13.2. The molecule has 1 aliphatic heterocycles. The summed E-state index contributed by atoms with van der Waals surface area (Å²) < 4.78 is 26.8. The summed E-state index contributed by atoms with van der Waals surface area (Å²) in [5.41, 5.74) is 5.84. The van der Waals surface area contributed by atoms with E-state index in [-0.39, 0.29) is 22.5 Å². The summed E-state index contributed by atoms with van der Waals surface area (Å²) in [5.74, 6) is 0. The predicted molar refractivity (Wildman–Crippen MR) is 83.4 cm³/mol. The number of nitrogens with zero attached hydrogens (tertiary/aromatic N) is 2. The highest BCUT2D eigenvalue weighted by Gasteiger charge is 2.32. The molecule has 6 nitrogen and oxygen atoms in total. The lowest BCUT2D eigenvalue weighted by molar-refractivity contribution is 0.186. The molecule has 1 fully saturated rings. The molecule has 0 aromatic carbocycles. The normalized spacial score (nSPS) is 20.9. The Morgan fingerprint density at radius 3 is 2.76 bits per heavy atom. The van der Waals surface area contributed by atoms with E-state index in [9.17, 15) is 13.5 Å². The van der Waals surface area contributed by atoms with Gasteiger partial charge in [-0.2, -0.15) is 4.31 Å². The van der Waals surface area contributed by atoms with E-state index in [1.165, 1.54) is 22.6 Å². The van der Waals surface area contributed by atoms with Crippen LogP contribution in [-0.2, 0) is 10.0 Å². The van der Waals surface area contributed by atoms with Crippen molar-refractivity contribution in [3.63, 3.8) is 0 Å². The van der Waals surface area contributed by atoms with Gasteiger partial charge in [0.1, 0.15) is 9.88 Å². The molecule has 1 aromatic heterocycles. The van der Waals surface area contributed by atoms with Gasteiger partial charge in [0.25, 0.3) is 0 Å². The van der Waals surface area contributed by atoms with E-state index in [1.807, 2.05) is 0 Å². The maximum absolute atomic E-state index is 12.7. The molecular formula is C13H19N3O3S2. The molecule has 1 saturated heterocycles. The summed E-state index contributed by atoms with van der Waals surface area (Å²) in [6, 6.07) is 2.59. The molecule has 0 bridgehead atoms. The van der Waals surface area contributed by atoms with Crippen molar-refractivity contribution >= 4 is 27.2 Å². The van der Waals surface area contributed by atoms with Crippen molar-refractivity contribution in [3.05, 3.63) is 24.0 Å². The number of hydrogen-bond acceptors (Lipinski definition) is 5. The maximum Gasteiger partial charge on any atom is 0.244 e. The van der Waals surface area contributed by atoms with Gasteiger partial charge in [0.05, 0.1) is 12.3 Å². The average molecular weight is 329 g/mol. The highest BCUT2D eigenvalue weighted by Crippen LogP contribution is 2.24. The number of hydrogen-bond donors (Lipinski definition) is 2. The Morgan fingerprint density at radius 2 is 2.19 bits per heavy atom. The number of thiocarbonyl (C=S) groups is 1. The van der Waals surface area contributed by atoms with Crippen molar-refractivity contribution in [2.24, 2.45) is 5.73 Å². The van der Waals surface area contributed by atoms with Crippen molar-refractivity contribution in [1.29, 1.82) is 0 Å². The van der Waals surface area contributed by atoms with Crippen LogP contribution in [0.4, 0.5) is 0 Å². The van der Waals surface area contributed by atoms with Gasteiger partial charge in [-0.1, -0.05) is 25.1 Å². The fourth-order valence-electron chi connectivity index (χ4n) is 2.46. The zero-order valence-electron chi connectivity index (χ0n) is 11.6. The van der Waals surface area contributed by atoms with Gasteiger partial charge < -0.3 is 10.8 Å². The molecule has 2 heterocycles. The van der Waals surface area contributed by atoms with Gasteiger partial charge in [-0.05, 0) is 25.0 Å². The number of aliphatic hydroxyl groups excluding tert-OH is 1. The van der Waals surface area contributed by atoms with E-state index in [4.69, 9.17) is 18.0 Å². The molecular weight excluding hydrogens is 310 g/mol. The third-order valence-corrected chi connectivity index (χ3v) is 5.77. The Morgan fingerprint density at radius 1 is 1.43 bits per heavy atom. The zero-order chi connectivity index (χ0) is 15.5. The fourth-order valence-corrected chi connectivity index (χ4v) is 4.22. The first-order chi connectivity index (χ1) is 9.96. The Hall–Kier alpha value is -1.09. The Bertz CT molecular complexity index is 602. The van der Waals surface area contributed by atoms with Gasteiger partial charge in [-0.15, -0.1) is 0 Å². The van der Waals surface area contributed by atoms with Crippen LogP contribution in [-0.4, -0.2) is 47.0 Å². The van der Waals surface area contributed by atoms with Crippen LogP contribution in [0, 0.1) is 0 Å². The van der Waals surface area contributed by atoms with Gasteiger partial charge in [0.2, 0.25) is 10.0 Å². The lowest BCUT2D eigenvalue weighted by Crippen LogP contribution is -2.42. The molecule has 1 aliphatic rings. The van der Waals surface area contributed by atoms with Crippen LogP contribution in [0.25, 0.3) is 0 Å². The molecule has 0 amide bonds. The fraction of sp³-hybridized carbons (Fsp3) is 0.538. The summed E-state index contributed by atoms with van der Waals surface area (Å²) in [5, 5.41) is 9.46. The Balaban J connectivity index is 2.32. The quantitative estimate of drug-likeness (QED) is 0.787. The van der Waals surface area contributed by atoms with E-state index < -0.39 is 10.0 Å². The topological polar surface area (TPSA) is 96.5 Å². The molecule has 1 atom stereocenters. The number of rotatable bonds is 4. The molecule has 0 spiro atoms. The summed E-state index contributed by atoms with van der Waals surface area (Å²) in [7, 11) is -3.66. The molecule has 1 unspecified atom stereocenters. The first kappa shape index (κ1) is 16.3. The number of nitrogens with two attached hydrogens (primary N) is 1. The standard InChI is InChI=1S/C13H19N3O3S2/c14-13(20)12-6-5-11(8-15-12)21(18,19)16-7-3-1-2-4-10(16)9-17/h5-6,8,10,17H,1-4,7,9H2,(H2,14,20). The van der Waals surface area contributed by atoms with E-state index in [2.05, 4.69) is 4.98 Å². The van der Waals surface area contributed by atoms with E-state index >= 15 is 0 Å². The SMILES string of the molecule is NC(=S)c1ccc(S(=O)(=O)N2CCCCCC2CO)cn1. The molecule has 3 N–H and O–H groups in total. The van der Waals surface area contributed by atoms with Crippen molar-refractivity contribution in [3.8, 4) is 0 Å². The van der Waals surface area contributed by atoms with E-state index in [0.29, 0.717) is 18.7 Å². The molecule has 21 heavy (non-hydrogen) atoms. The lowest BCUT2D eigenvalue weighted by Gasteiger charge is -2.27. The number of aromatic nitrogens is 1. The summed E-state index contributed by atoms with van der Waals surface area (Å²) in [6.45, 7) is 0.252.